The number of allylic oxidation sites excluding steroid dienone is 2. The fraction of sp³-hybridized carbons (Fsp3) is 0.429. The largest absolute Gasteiger partial charge is 0.465 e. The Morgan fingerprint density at radius 2 is 1.41 bits per heavy atom. The molecule has 0 radical (unpaired) electrons. The molecule has 0 unspecified atom stereocenters. The van der Waals surface area contributed by atoms with E-state index in [9.17, 15) is 19.2 Å². The van der Waals surface area contributed by atoms with Gasteiger partial charge >= 0.3 is 11.9 Å². The Kier molecular flexibility index (Phi) is 6.31. The van der Waals surface area contributed by atoms with Crippen LogP contribution in [0, 0.1) is 5.41 Å². The first kappa shape index (κ1) is 20.6. The Morgan fingerprint density at radius 1 is 0.926 bits per heavy atom. The van der Waals surface area contributed by atoms with Crippen LogP contribution in [0.5, 0.6) is 0 Å². The summed E-state index contributed by atoms with van der Waals surface area (Å²) in [5.41, 5.74) is -0.161. The second kappa shape index (κ2) is 8.29. The van der Waals surface area contributed by atoms with Crippen LogP contribution in [0.25, 0.3) is 0 Å². The topological polar surface area (TPSA) is 86.7 Å². The van der Waals surface area contributed by atoms with Crippen molar-refractivity contribution in [3.63, 3.8) is 0 Å². The molecule has 1 aliphatic rings. The van der Waals surface area contributed by atoms with E-state index in [1.807, 2.05) is 0 Å². The number of ether oxygens (including phenoxy) is 2. The van der Waals surface area contributed by atoms with Gasteiger partial charge in [-0.3, -0.25) is 19.2 Å². The van der Waals surface area contributed by atoms with E-state index in [4.69, 9.17) is 9.47 Å². The third-order valence-corrected chi connectivity index (χ3v) is 4.81. The smallest absolute Gasteiger partial charge is 0.323 e. The Balaban J connectivity index is 2.32. The van der Waals surface area contributed by atoms with Crippen LogP contribution in [-0.2, 0) is 19.1 Å². The number of ketones is 2. The number of benzene rings is 1. The third kappa shape index (κ3) is 3.84. The first-order valence-corrected chi connectivity index (χ1v) is 9.00. The molecule has 144 valence electrons. The van der Waals surface area contributed by atoms with Gasteiger partial charge in [0.05, 0.1) is 13.2 Å². The highest BCUT2D eigenvalue weighted by Gasteiger charge is 2.44. The van der Waals surface area contributed by atoms with Crippen LogP contribution in [0.3, 0.4) is 0 Å². The molecule has 0 aliphatic heterocycles. The van der Waals surface area contributed by atoms with Crippen molar-refractivity contribution in [1.29, 1.82) is 0 Å². The normalized spacial score (nSPS) is 14.1. The van der Waals surface area contributed by atoms with E-state index in [1.54, 1.807) is 45.0 Å². The van der Waals surface area contributed by atoms with Crippen molar-refractivity contribution in [2.24, 2.45) is 5.41 Å². The average molecular weight is 372 g/mol. The summed E-state index contributed by atoms with van der Waals surface area (Å²) in [6.45, 7) is 6.59. The molecule has 1 aliphatic carbocycles. The second-order valence-corrected chi connectivity index (χ2v) is 6.58. The summed E-state index contributed by atoms with van der Waals surface area (Å²) in [4.78, 5) is 50.2. The zero-order chi connectivity index (χ0) is 20.2. The maximum atomic E-state index is 12.8. The Morgan fingerprint density at radius 3 is 1.89 bits per heavy atom. The minimum absolute atomic E-state index is 0.0124. The van der Waals surface area contributed by atoms with Gasteiger partial charge in [0, 0.05) is 22.3 Å². The van der Waals surface area contributed by atoms with Gasteiger partial charge < -0.3 is 9.47 Å². The quantitative estimate of drug-likeness (QED) is 0.539. The fourth-order valence-corrected chi connectivity index (χ4v) is 3.10. The molecule has 0 aromatic heterocycles. The predicted molar refractivity (Wildman–Crippen MR) is 98.4 cm³/mol. The molecular weight excluding hydrogens is 348 g/mol. The predicted octanol–water partition coefficient (Wildman–Crippen LogP) is 3.29. The van der Waals surface area contributed by atoms with Crippen LogP contribution in [0.15, 0.2) is 35.4 Å². The van der Waals surface area contributed by atoms with E-state index < -0.39 is 17.4 Å². The summed E-state index contributed by atoms with van der Waals surface area (Å²) in [6, 6.07) is 6.64. The average Bonchev–Trinajstić information content (AvgIpc) is 2.66. The van der Waals surface area contributed by atoms with E-state index in [0.29, 0.717) is 22.3 Å². The monoisotopic (exact) mass is 372 g/mol. The van der Waals surface area contributed by atoms with Crippen molar-refractivity contribution in [3.05, 3.63) is 46.5 Å². The molecule has 27 heavy (non-hydrogen) atoms. The molecule has 0 amide bonds. The van der Waals surface area contributed by atoms with Gasteiger partial charge in [0.15, 0.2) is 17.0 Å². The van der Waals surface area contributed by atoms with Crippen LogP contribution in [-0.4, -0.2) is 36.7 Å². The minimum atomic E-state index is -1.54. The minimum Gasteiger partial charge on any atom is -0.465 e. The lowest BCUT2D eigenvalue weighted by Crippen LogP contribution is -2.40. The van der Waals surface area contributed by atoms with Crippen molar-refractivity contribution in [3.8, 4) is 0 Å². The van der Waals surface area contributed by atoms with Crippen LogP contribution < -0.4 is 0 Å². The maximum absolute atomic E-state index is 12.8. The van der Waals surface area contributed by atoms with E-state index in [1.165, 1.54) is 6.92 Å². The van der Waals surface area contributed by atoms with Crippen LogP contribution in [0.4, 0.5) is 0 Å². The van der Waals surface area contributed by atoms with Crippen LogP contribution in [0.1, 0.15) is 61.3 Å². The van der Waals surface area contributed by atoms with Gasteiger partial charge in [-0.2, -0.15) is 0 Å². The molecule has 0 atom stereocenters. The summed E-state index contributed by atoms with van der Waals surface area (Å²) in [5, 5.41) is 0. The Labute approximate surface area is 158 Å². The molecule has 1 aromatic carbocycles. The van der Waals surface area contributed by atoms with E-state index in [0.717, 1.165) is 0 Å². The van der Waals surface area contributed by atoms with Crippen molar-refractivity contribution >= 4 is 23.5 Å². The first-order chi connectivity index (χ1) is 12.8. The maximum Gasteiger partial charge on any atom is 0.323 e. The van der Waals surface area contributed by atoms with E-state index >= 15 is 0 Å². The van der Waals surface area contributed by atoms with Crippen molar-refractivity contribution in [1.82, 2.24) is 0 Å². The van der Waals surface area contributed by atoms with Gasteiger partial charge in [-0.25, -0.2) is 0 Å². The van der Waals surface area contributed by atoms with E-state index in [-0.39, 0.29) is 37.6 Å². The van der Waals surface area contributed by atoms with Crippen LogP contribution in [0.2, 0.25) is 0 Å². The third-order valence-electron chi connectivity index (χ3n) is 4.81. The first-order valence-electron chi connectivity index (χ1n) is 9.00. The van der Waals surface area contributed by atoms with Crippen LogP contribution >= 0.6 is 0 Å². The van der Waals surface area contributed by atoms with Gasteiger partial charge in [0.25, 0.3) is 0 Å². The van der Waals surface area contributed by atoms with Gasteiger partial charge in [-0.15, -0.1) is 0 Å². The summed E-state index contributed by atoms with van der Waals surface area (Å²) >= 11 is 0. The highest BCUT2D eigenvalue weighted by atomic mass is 16.6. The standard InChI is InChI=1S/C21H24O6/c1-5-26-19(24)21(4,20(25)27-6-2)12-11-14-13(3)17(22)15-9-7-8-10-16(15)18(14)23/h7-10H,5-6,11-12H2,1-4H3. The molecule has 0 bridgehead atoms. The fourth-order valence-electron chi connectivity index (χ4n) is 3.10. The second-order valence-electron chi connectivity index (χ2n) is 6.58. The SMILES string of the molecule is CCOC(=O)C(C)(CCC1=C(C)C(=O)c2ccccc2C1=O)C(=O)OCC. The highest BCUT2D eigenvalue weighted by Crippen LogP contribution is 2.34. The van der Waals surface area contributed by atoms with Gasteiger partial charge in [-0.05, 0) is 40.5 Å². The number of carbonyl (C=O) groups is 4. The summed E-state index contributed by atoms with van der Waals surface area (Å²) in [5.74, 6) is -1.86. The molecule has 0 spiro atoms. The Bertz CT molecular complexity index is 800. The molecule has 0 fully saturated rings. The number of rotatable bonds is 7. The molecule has 2 rings (SSSR count). The van der Waals surface area contributed by atoms with Gasteiger partial charge in [-0.1, -0.05) is 24.3 Å². The number of Topliss-reactive ketones (excluding diaryl/α,β-unsaturated/α-hetero) is 2. The molecule has 0 saturated heterocycles. The van der Waals surface area contributed by atoms with E-state index in [2.05, 4.69) is 0 Å². The Hall–Kier alpha value is -2.76. The summed E-state index contributed by atoms with van der Waals surface area (Å²) in [7, 11) is 0. The number of fused-ring (bicyclic) bond motifs is 1. The van der Waals surface area contributed by atoms with Crippen molar-refractivity contribution in [2.75, 3.05) is 13.2 Å². The van der Waals surface area contributed by atoms with Gasteiger partial charge in [0.1, 0.15) is 0 Å². The van der Waals surface area contributed by atoms with Gasteiger partial charge in [0.2, 0.25) is 0 Å². The lowest BCUT2D eigenvalue weighted by atomic mass is 9.78. The molecule has 0 N–H and O–H groups in total. The summed E-state index contributed by atoms with van der Waals surface area (Å²) < 4.78 is 10.1. The number of esters is 2. The molecular formula is C21H24O6. The molecule has 0 heterocycles. The molecule has 0 saturated carbocycles. The lowest BCUT2D eigenvalue weighted by Gasteiger charge is -2.26. The zero-order valence-corrected chi connectivity index (χ0v) is 16.1. The molecule has 6 nitrogen and oxygen atoms in total. The number of hydrogen-bond acceptors (Lipinski definition) is 6. The zero-order valence-electron chi connectivity index (χ0n) is 16.1. The lowest BCUT2D eigenvalue weighted by molar-refractivity contribution is -0.171. The number of carbonyl (C=O) groups excluding carboxylic acids is 4. The van der Waals surface area contributed by atoms with Crippen molar-refractivity contribution in [2.45, 2.75) is 40.5 Å². The number of hydrogen-bond donors (Lipinski definition) is 0. The highest BCUT2D eigenvalue weighted by molar-refractivity contribution is 6.26. The summed E-state index contributed by atoms with van der Waals surface area (Å²) in [6.07, 6.45) is 0.109. The molecule has 6 heteroatoms. The molecule has 1 aromatic rings. The van der Waals surface area contributed by atoms with Crippen molar-refractivity contribution < 1.29 is 28.7 Å².